The molecule has 0 spiro atoms. The molecule has 0 saturated carbocycles. The largest absolute Gasteiger partial charge is 0.405 e. The first-order chi connectivity index (χ1) is 18.6. The minimum absolute atomic E-state index is 0.0600. The van der Waals surface area contributed by atoms with Gasteiger partial charge in [0, 0.05) is 29.4 Å². The van der Waals surface area contributed by atoms with Crippen LogP contribution in [-0.2, 0) is 16.1 Å². The van der Waals surface area contributed by atoms with Crippen LogP contribution in [-0.4, -0.2) is 65.4 Å². The number of anilines is 1. The molecule has 4 aromatic rings. The van der Waals surface area contributed by atoms with Gasteiger partial charge in [-0.25, -0.2) is 19.3 Å². The topological polar surface area (TPSA) is 140 Å². The predicted octanol–water partition coefficient (Wildman–Crippen LogP) is 3.01. The molecule has 3 N–H and O–H groups in total. The van der Waals surface area contributed by atoms with E-state index in [2.05, 4.69) is 30.2 Å². The van der Waals surface area contributed by atoms with Crippen molar-refractivity contribution < 1.29 is 32.2 Å². The Kier molecular flexibility index (Phi) is 7.29. The van der Waals surface area contributed by atoms with Crippen LogP contribution in [0.25, 0.3) is 22.6 Å². The fourth-order valence-corrected chi connectivity index (χ4v) is 4.16. The van der Waals surface area contributed by atoms with Gasteiger partial charge in [-0.05, 0) is 18.2 Å². The molecule has 4 aromatic heterocycles. The van der Waals surface area contributed by atoms with Gasteiger partial charge in [0.15, 0.2) is 29.0 Å². The number of carbonyl (C=O) groups excluding carboxylic acids is 1. The maximum atomic E-state index is 13.9. The average Bonchev–Trinajstić information content (AvgIpc) is 3.48. The van der Waals surface area contributed by atoms with E-state index in [-0.39, 0.29) is 41.3 Å². The minimum Gasteiger partial charge on any atom is -0.388 e. The molecule has 1 aliphatic rings. The molecule has 1 fully saturated rings. The molecule has 0 aliphatic carbocycles. The van der Waals surface area contributed by atoms with E-state index in [9.17, 15) is 27.5 Å². The van der Waals surface area contributed by atoms with E-state index >= 15 is 0 Å². The summed E-state index contributed by atoms with van der Waals surface area (Å²) in [5.41, 5.74) is 1.22. The summed E-state index contributed by atoms with van der Waals surface area (Å²) in [6, 6.07) is 4.45. The van der Waals surface area contributed by atoms with Gasteiger partial charge in [0.05, 0.1) is 24.8 Å². The number of hydrogen-bond acceptors (Lipinski definition) is 9. The van der Waals surface area contributed by atoms with E-state index in [1.165, 1.54) is 29.4 Å². The summed E-state index contributed by atoms with van der Waals surface area (Å²) >= 11 is 6.03. The highest BCUT2D eigenvalue weighted by molar-refractivity contribution is 6.30. The SMILES string of the molecule is O=C(NCC(F)(F)F)[C@@H]1C[C@@H](O)[C@H](n2cnc3c(NCc4cc(Cl)ccn4)nc(-c4cncc(F)c4)nc32)O1. The number of pyridine rings is 2. The Balaban J connectivity index is 1.48. The van der Waals surface area contributed by atoms with Crippen LogP contribution in [0.2, 0.25) is 5.02 Å². The van der Waals surface area contributed by atoms with Gasteiger partial charge < -0.3 is 20.5 Å². The van der Waals surface area contributed by atoms with E-state index in [4.69, 9.17) is 16.3 Å². The highest BCUT2D eigenvalue weighted by atomic mass is 35.5. The number of aromatic nitrogens is 6. The van der Waals surface area contributed by atoms with Crippen LogP contribution >= 0.6 is 11.6 Å². The number of carbonyl (C=O) groups is 1. The number of alkyl halides is 3. The number of aliphatic hydroxyl groups excluding tert-OH is 1. The molecule has 1 aliphatic heterocycles. The zero-order valence-corrected chi connectivity index (χ0v) is 20.5. The third-order valence-electron chi connectivity index (χ3n) is 5.72. The fraction of sp³-hybridized carbons (Fsp3) is 0.304. The van der Waals surface area contributed by atoms with Crippen molar-refractivity contribution in [3.05, 3.63) is 59.7 Å². The number of halogens is 5. The van der Waals surface area contributed by atoms with Gasteiger partial charge in [0.1, 0.15) is 24.6 Å². The van der Waals surface area contributed by atoms with Crippen molar-refractivity contribution in [1.82, 2.24) is 34.8 Å². The Bertz CT molecular complexity index is 1520. The molecule has 0 unspecified atom stereocenters. The standard InChI is InChI=1S/C23H19ClF4N8O3/c24-12-1-2-30-14(4-12)8-31-19-17-20(35-18(34-19)11-3-13(25)7-29-6-11)36(10-33-17)22-15(37)5-16(39-22)21(38)32-9-23(26,27)28/h1-4,6-7,10,15-16,22,37H,5,8-9H2,(H,32,38)(H,31,34,35)/t15-,16+,22-/m1/s1. The number of aliphatic hydroxyl groups is 1. The molecule has 1 saturated heterocycles. The summed E-state index contributed by atoms with van der Waals surface area (Å²) in [6.07, 6.45) is -3.48. The molecular formula is C23H19ClF4N8O3. The summed E-state index contributed by atoms with van der Waals surface area (Å²) in [7, 11) is 0. The summed E-state index contributed by atoms with van der Waals surface area (Å²) in [5, 5.41) is 15.9. The van der Waals surface area contributed by atoms with E-state index in [0.717, 1.165) is 6.20 Å². The zero-order chi connectivity index (χ0) is 27.7. The lowest BCUT2D eigenvalue weighted by molar-refractivity contribution is -0.146. The highest BCUT2D eigenvalue weighted by Gasteiger charge is 2.41. The lowest BCUT2D eigenvalue weighted by atomic mass is 10.2. The lowest BCUT2D eigenvalue weighted by Crippen LogP contribution is -2.40. The molecule has 39 heavy (non-hydrogen) atoms. The number of rotatable bonds is 7. The van der Waals surface area contributed by atoms with Gasteiger partial charge in [-0.15, -0.1) is 0 Å². The predicted molar refractivity (Wildman–Crippen MR) is 129 cm³/mol. The van der Waals surface area contributed by atoms with Gasteiger partial charge in [0.2, 0.25) is 5.91 Å². The third kappa shape index (κ3) is 6.05. The number of imidazole rings is 1. The van der Waals surface area contributed by atoms with Gasteiger partial charge in [-0.3, -0.25) is 19.3 Å². The molecule has 0 bridgehead atoms. The molecule has 5 heterocycles. The van der Waals surface area contributed by atoms with Crippen LogP contribution in [0.1, 0.15) is 18.3 Å². The van der Waals surface area contributed by atoms with Crippen molar-refractivity contribution in [3.63, 3.8) is 0 Å². The van der Waals surface area contributed by atoms with Crippen LogP contribution in [0.4, 0.5) is 23.4 Å². The molecule has 204 valence electrons. The Hall–Kier alpha value is -3.95. The molecular weight excluding hydrogens is 548 g/mol. The third-order valence-corrected chi connectivity index (χ3v) is 5.95. The van der Waals surface area contributed by atoms with Crippen LogP contribution in [0.5, 0.6) is 0 Å². The van der Waals surface area contributed by atoms with E-state index < -0.39 is 42.9 Å². The van der Waals surface area contributed by atoms with Crippen molar-refractivity contribution >= 4 is 34.5 Å². The Morgan fingerprint density at radius 2 is 2.05 bits per heavy atom. The quantitative estimate of drug-likeness (QED) is 0.288. The Morgan fingerprint density at radius 3 is 2.79 bits per heavy atom. The summed E-state index contributed by atoms with van der Waals surface area (Å²) in [6.45, 7) is -1.35. The van der Waals surface area contributed by atoms with Gasteiger partial charge >= 0.3 is 6.18 Å². The first kappa shape index (κ1) is 26.6. The monoisotopic (exact) mass is 566 g/mol. The second-order valence-electron chi connectivity index (χ2n) is 8.58. The number of amides is 1. The zero-order valence-electron chi connectivity index (χ0n) is 19.7. The van der Waals surface area contributed by atoms with Gasteiger partial charge in [-0.2, -0.15) is 13.2 Å². The van der Waals surface area contributed by atoms with Crippen LogP contribution in [0, 0.1) is 5.82 Å². The smallest absolute Gasteiger partial charge is 0.388 e. The van der Waals surface area contributed by atoms with Crippen molar-refractivity contribution in [3.8, 4) is 11.4 Å². The first-order valence-electron chi connectivity index (χ1n) is 11.4. The molecule has 3 atom stereocenters. The molecule has 0 aromatic carbocycles. The van der Waals surface area contributed by atoms with Gasteiger partial charge in [0.25, 0.3) is 0 Å². The Morgan fingerprint density at radius 1 is 1.23 bits per heavy atom. The summed E-state index contributed by atoms with van der Waals surface area (Å²) in [4.78, 5) is 33.5. The average molecular weight is 567 g/mol. The Labute approximate surface area is 222 Å². The number of nitrogens with one attached hydrogen (secondary N) is 2. The van der Waals surface area contributed by atoms with Crippen molar-refractivity contribution in [2.45, 2.75) is 37.6 Å². The fourth-order valence-electron chi connectivity index (χ4n) is 3.98. The molecule has 11 nitrogen and oxygen atoms in total. The van der Waals surface area contributed by atoms with Crippen molar-refractivity contribution in [2.75, 3.05) is 11.9 Å². The summed E-state index contributed by atoms with van der Waals surface area (Å²) in [5.74, 6) is -1.35. The van der Waals surface area contributed by atoms with E-state index in [1.54, 1.807) is 17.4 Å². The normalized spacial score (nSPS) is 19.4. The highest BCUT2D eigenvalue weighted by Crippen LogP contribution is 2.33. The summed E-state index contributed by atoms with van der Waals surface area (Å²) < 4.78 is 58.4. The van der Waals surface area contributed by atoms with Crippen LogP contribution in [0.3, 0.4) is 0 Å². The van der Waals surface area contributed by atoms with Crippen LogP contribution in [0.15, 0.2) is 43.1 Å². The van der Waals surface area contributed by atoms with E-state index in [0.29, 0.717) is 10.7 Å². The maximum absolute atomic E-state index is 13.9. The second kappa shape index (κ2) is 10.7. The van der Waals surface area contributed by atoms with Crippen molar-refractivity contribution in [2.24, 2.45) is 0 Å². The number of ether oxygens (including phenoxy) is 1. The molecule has 16 heteroatoms. The van der Waals surface area contributed by atoms with Crippen molar-refractivity contribution in [1.29, 1.82) is 0 Å². The van der Waals surface area contributed by atoms with E-state index in [1.807, 2.05) is 0 Å². The van der Waals surface area contributed by atoms with Crippen LogP contribution < -0.4 is 10.6 Å². The lowest BCUT2D eigenvalue weighted by Gasteiger charge is -2.17. The van der Waals surface area contributed by atoms with Gasteiger partial charge in [-0.1, -0.05) is 11.6 Å². The number of hydrogen-bond donors (Lipinski definition) is 3. The molecule has 0 radical (unpaired) electrons. The number of fused-ring (bicyclic) bond motifs is 1. The molecule has 1 amide bonds. The maximum Gasteiger partial charge on any atom is 0.405 e. The first-order valence-corrected chi connectivity index (χ1v) is 11.8. The number of nitrogens with zero attached hydrogens (tertiary/aromatic N) is 6. The second-order valence-corrected chi connectivity index (χ2v) is 9.02. The minimum atomic E-state index is -4.60. The molecule has 5 rings (SSSR count).